The highest BCUT2D eigenvalue weighted by Crippen LogP contribution is 2.34. The Hall–Kier alpha value is -1.06. The summed E-state index contributed by atoms with van der Waals surface area (Å²) in [6, 6.07) is 4.18. The van der Waals surface area contributed by atoms with Crippen LogP contribution in [0.5, 0.6) is 5.75 Å². The molecule has 0 heterocycles. The van der Waals surface area contributed by atoms with Crippen LogP contribution in [-0.2, 0) is 0 Å². The van der Waals surface area contributed by atoms with Gasteiger partial charge in [-0.25, -0.2) is 0 Å². The maximum absolute atomic E-state index is 6.34. The lowest BCUT2D eigenvalue weighted by atomic mass is 9.83. The molecule has 0 aliphatic carbocycles. The first-order chi connectivity index (χ1) is 8.30. The highest BCUT2D eigenvalue weighted by molar-refractivity contribution is 5.45. The summed E-state index contributed by atoms with van der Waals surface area (Å²) >= 11 is 0. The Morgan fingerprint density at radius 1 is 1.28 bits per heavy atom. The third-order valence-electron chi connectivity index (χ3n) is 3.38. The highest BCUT2D eigenvalue weighted by Gasteiger charge is 2.23. The van der Waals surface area contributed by atoms with Crippen molar-refractivity contribution < 1.29 is 4.74 Å². The van der Waals surface area contributed by atoms with Gasteiger partial charge >= 0.3 is 0 Å². The molecule has 0 saturated heterocycles. The van der Waals surface area contributed by atoms with E-state index in [0.29, 0.717) is 6.54 Å². The second-order valence-corrected chi connectivity index (χ2v) is 5.88. The van der Waals surface area contributed by atoms with E-state index in [1.807, 2.05) is 0 Å². The van der Waals surface area contributed by atoms with Crippen LogP contribution in [0.2, 0.25) is 0 Å². The van der Waals surface area contributed by atoms with Crippen molar-refractivity contribution in [2.75, 3.05) is 13.7 Å². The zero-order chi connectivity index (χ0) is 13.9. The Morgan fingerprint density at radius 2 is 1.89 bits per heavy atom. The molecule has 0 saturated carbocycles. The minimum atomic E-state index is -0.0444. The van der Waals surface area contributed by atoms with Gasteiger partial charge in [0, 0.05) is 11.6 Å². The zero-order valence-corrected chi connectivity index (χ0v) is 12.2. The van der Waals surface area contributed by atoms with Crippen LogP contribution < -0.4 is 16.2 Å². The number of benzene rings is 1. The smallest absolute Gasteiger partial charge is 0.126 e. The SMILES string of the molecule is COc1c(C)cc(C)cc1C(N)CC(C)(C)CN. The summed E-state index contributed by atoms with van der Waals surface area (Å²) in [6.07, 6.45) is 0.850. The summed E-state index contributed by atoms with van der Waals surface area (Å²) in [6.45, 7) is 9.05. The number of rotatable bonds is 5. The van der Waals surface area contributed by atoms with E-state index < -0.39 is 0 Å². The van der Waals surface area contributed by atoms with Crippen molar-refractivity contribution in [1.29, 1.82) is 0 Å². The van der Waals surface area contributed by atoms with Crippen LogP contribution >= 0.6 is 0 Å². The fourth-order valence-corrected chi connectivity index (χ4v) is 2.33. The Kier molecular flexibility index (Phi) is 4.77. The average Bonchev–Trinajstić information content (AvgIpc) is 2.27. The van der Waals surface area contributed by atoms with Gasteiger partial charge in [0.05, 0.1) is 7.11 Å². The van der Waals surface area contributed by atoms with Crippen LogP contribution in [0.1, 0.15) is 43.0 Å². The van der Waals surface area contributed by atoms with E-state index in [2.05, 4.69) is 39.8 Å². The Labute approximate surface area is 111 Å². The van der Waals surface area contributed by atoms with Gasteiger partial charge in [0.15, 0.2) is 0 Å². The molecular formula is C15H26N2O. The van der Waals surface area contributed by atoms with Crippen molar-refractivity contribution in [3.8, 4) is 5.75 Å². The number of nitrogens with two attached hydrogens (primary N) is 2. The summed E-state index contributed by atoms with van der Waals surface area (Å²) in [5.74, 6) is 0.904. The molecule has 0 aliphatic rings. The lowest BCUT2D eigenvalue weighted by molar-refractivity contribution is 0.312. The fourth-order valence-electron chi connectivity index (χ4n) is 2.33. The van der Waals surface area contributed by atoms with Crippen molar-refractivity contribution in [2.24, 2.45) is 16.9 Å². The summed E-state index contributed by atoms with van der Waals surface area (Å²) in [7, 11) is 1.70. The van der Waals surface area contributed by atoms with Gasteiger partial charge in [0.2, 0.25) is 0 Å². The van der Waals surface area contributed by atoms with E-state index >= 15 is 0 Å². The quantitative estimate of drug-likeness (QED) is 0.844. The van der Waals surface area contributed by atoms with Crippen molar-refractivity contribution in [3.05, 3.63) is 28.8 Å². The van der Waals surface area contributed by atoms with E-state index in [1.54, 1.807) is 7.11 Å². The normalized spacial score (nSPS) is 13.5. The Balaban J connectivity index is 3.08. The summed E-state index contributed by atoms with van der Waals surface area (Å²) in [5.41, 5.74) is 15.6. The maximum atomic E-state index is 6.34. The third kappa shape index (κ3) is 3.47. The largest absolute Gasteiger partial charge is 0.496 e. The first-order valence-corrected chi connectivity index (χ1v) is 6.41. The molecule has 4 N–H and O–H groups in total. The number of aryl methyl sites for hydroxylation is 2. The molecular weight excluding hydrogens is 224 g/mol. The predicted molar refractivity (Wildman–Crippen MR) is 76.8 cm³/mol. The molecule has 0 fully saturated rings. The number of ether oxygens (including phenoxy) is 1. The molecule has 0 amide bonds. The summed E-state index contributed by atoms with van der Waals surface area (Å²) in [5, 5.41) is 0. The number of hydrogen-bond acceptors (Lipinski definition) is 3. The highest BCUT2D eigenvalue weighted by atomic mass is 16.5. The Morgan fingerprint density at radius 3 is 2.39 bits per heavy atom. The van der Waals surface area contributed by atoms with Gasteiger partial charge in [-0.05, 0) is 37.8 Å². The van der Waals surface area contributed by atoms with Gasteiger partial charge in [0.25, 0.3) is 0 Å². The average molecular weight is 250 g/mol. The molecule has 3 heteroatoms. The van der Waals surface area contributed by atoms with Crippen molar-refractivity contribution in [2.45, 2.75) is 40.2 Å². The van der Waals surface area contributed by atoms with Gasteiger partial charge < -0.3 is 16.2 Å². The lowest BCUT2D eigenvalue weighted by Crippen LogP contribution is -2.28. The minimum Gasteiger partial charge on any atom is -0.496 e. The van der Waals surface area contributed by atoms with Crippen molar-refractivity contribution >= 4 is 0 Å². The van der Waals surface area contributed by atoms with Crippen LogP contribution in [-0.4, -0.2) is 13.7 Å². The van der Waals surface area contributed by atoms with Crippen molar-refractivity contribution in [1.82, 2.24) is 0 Å². The molecule has 0 aromatic heterocycles. The van der Waals surface area contributed by atoms with Gasteiger partial charge in [-0.3, -0.25) is 0 Å². The van der Waals surface area contributed by atoms with E-state index in [1.165, 1.54) is 5.56 Å². The van der Waals surface area contributed by atoms with E-state index in [9.17, 15) is 0 Å². The lowest BCUT2D eigenvalue weighted by Gasteiger charge is -2.27. The van der Waals surface area contributed by atoms with Crippen LogP contribution in [0.3, 0.4) is 0 Å². The molecule has 0 radical (unpaired) electrons. The van der Waals surface area contributed by atoms with Crippen molar-refractivity contribution in [3.63, 3.8) is 0 Å². The summed E-state index contributed by atoms with van der Waals surface area (Å²) in [4.78, 5) is 0. The number of hydrogen-bond donors (Lipinski definition) is 2. The van der Waals surface area contributed by atoms with Gasteiger partial charge in [0.1, 0.15) is 5.75 Å². The fraction of sp³-hybridized carbons (Fsp3) is 0.600. The van der Waals surface area contributed by atoms with Gasteiger partial charge in [-0.1, -0.05) is 31.5 Å². The molecule has 1 aromatic rings. The molecule has 0 spiro atoms. The predicted octanol–water partition coefficient (Wildman–Crippen LogP) is 2.69. The molecule has 102 valence electrons. The second-order valence-electron chi connectivity index (χ2n) is 5.88. The molecule has 1 unspecified atom stereocenters. The molecule has 0 aliphatic heterocycles. The first-order valence-electron chi connectivity index (χ1n) is 6.41. The molecule has 1 aromatic carbocycles. The van der Waals surface area contributed by atoms with Gasteiger partial charge in [-0.15, -0.1) is 0 Å². The number of methoxy groups -OCH3 is 1. The minimum absolute atomic E-state index is 0.0437. The molecule has 3 nitrogen and oxygen atoms in total. The second kappa shape index (κ2) is 5.72. The van der Waals surface area contributed by atoms with Crippen LogP contribution in [0.15, 0.2) is 12.1 Å². The zero-order valence-electron chi connectivity index (χ0n) is 12.2. The molecule has 1 rings (SSSR count). The summed E-state index contributed by atoms with van der Waals surface area (Å²) < 4.78 is 5.49. The monoisotopic (exact) mass is 250 g/mol. The van der Waals surface area contributed by atoms with E-state index in [4.69, 9.17) is 16.2 Å². The molecule has 18 heavy (non-hydrogen) atoms. The third-order valence-corrected chi connectivity index (χ3v) is 3.38. The van der Waals surface area contributed by atoms with Gasteiger partial charge in [-0.2, -0.15) is 0 Å². The Bertz CT molecular complexity index is 413. The molecule has 1 atom stereocenters. The maximum Gasteiger partial charge on any atom is 0.126 e. The standard InChI is InChI=1S/C15H26N2O/c1-10-6-11(2)14(18-5)12(7-10)13(17)8-15(3,4)9-16/h6-7,13H,8-9,16-17H2,1-5H3. The van der Waals surface area contributed by atoms with E-state index in [-0.39, 0.29) is 11.5 Å². The molecule has 0 bridgehead atoms. The van der Waals surface area contributed by atoms with Crippen LogP contribution in [0, 0.1) is 19.3 Å². The topological polar surface area (TPSA) is 61.3 Å². The van der Waals surface area contributed by atoms with Crippen LogP contribution in [0.25, 0.3) is 0 Å². The van der Waals surface area contributed by atoms with Crippen LogP contribution in [0.4, 0.5) is 0 Å². The van der Waals surface area contributed by atoms with E-state index in [0.717, 1.165) is 23.3 Å². The first kappa shape index (κ1) is 15.0.